The molecule has 0 unspecified atom stereocenters. The summed E-state index contributed by atoms with van der Waals surface area (Å²) in [5, 5.41) is 12.9. The first-order valence-electron chi connectivity index (χ1n) is 6.82. The molecule has 0 radical (unpaired) electrons. The predicted octanol–water partition coefficient (Wildman–Crippen LogP) is 3.88. The first kappa shape index (κ1) is 14.3. The molecule has 2 N–H and O–H groups in total. The molecule has 1 amide bonds. The highest BCUT2D eigenvalue weighted by molar-refractivity contribution is 6.05. The Labute approximate surface area is 126 Å². The second-order valence-corrected chi connectivity index (χ2v) is 5.01. The van der Waals surface area contributed by atoms with Crippen molar-refractivity contribution in [2.75, 3.05) is 5.32 Å². The number of hydrogen-bond donors (Lipinski definition) is 2. The number of rotatable bonds is 3. The van der Waals surface area contributed by atoms with E-state index in [2.05, 4.69) is 5.32 Å². The zero-order chi connectivity index (χ0) is 15.7. The van der Waals surface area contributed by atoms with Crippen LogP contribution >= 0.6 is 0 Å². The summed E-state index contributed by atoms with van der Waals surface area (Å²) in [6.45, 7) is 1.62. The van der Waals surface area contributed by atoms with E-state index in [4.69, 9.17) is 4.42 Å². The average molecular weight is 299 g/mol. The Bertz CT molecular complexity index is 839. The molecule has 0 aliphatic rings. The van der Waals surface area contributed by atoms with Crippen molar-refractivity contribution in [3.8, 4) is 0 Å². The monoisotopic (exact) mass is 299 g/mol. The van der Waals surface area contributed by atoms with Gasteiger partial charge in [-0.2, -0.15) is 0 Å². The van der Waals surface area contributed by atoms with Gasteiger partial charge in [-0.05, 0) is 37.3 Å². The molecule has 0 fully saturated rings. The van der Waals surface area contributed by atoms with Crippen molar-refractivity contribution in [2.24, 2.45) is 0 Å². The Morgan fingerprint density at radius 1 is 1.23 bits per heavy atom. The molecule has 5 heteroatoms. The maximum absolute atomic E-state index is 13.2. The summed E-state index contributed by atoms with van der Waals surface area (Å²) < 4.78 is 18.6. The van der Waals surface area contributed by atoms with Crippen LogP contribution in [0.2, 0.25) is 0 Å². The lowest BCUT2D eigenvalue weighted by Gasteiger charge is -2.11. The summed E-state index contributed by atoms with van der Waals surface area (Å²) in [5.74, 6) is -0.759. The molecule has 22 heavy (non-hydrogen) atoms. The number of aliphatic hydroxyl groups is 1. The maximum Gasteiger partial charge on any atom is 0.291 e. The van der Waals surface area contributed by atoms with Crippen molar-refractivity contribution in [3.05, 3.63) is 65.7 Å². The molecular formula is C17H14FNO3. The maximum atomic E-state index is 13.2. The predicted molar refractivity (Wildman–Crippen MR) is 81.2 cm³/mol. The summed E-state index contributed by atoms with van der Waals surface area (Å²) in [4.78, 5) is 12.3. The summed E-state index contributed by atoms with van der Waals surface area (Å²) in [7, 11) is 0. The molecule has 3 rings (SSSR count). The molecule has 1 heterocycles. The molecule has 0 saturated heterocycles. The highest BCUT2D eigenvalue weighted by atomic mass is 19.1. The van der Waals surface area contributed by atoms with Crippen molar-refractivity contribution in [1.29, 1.82) is 0 Å². The van der Waals surface area contributed by atoms with Crippen molar-refractivity contribution in [2.45, 2.75) is 13.0 Å². The van der Waals surface area contributed by atoms with E-state index in [0.29, 0.717) is 22.2 Å². The third-order valence-corrected chi connectivity index (χ3v) is 3.36. The van der Waals surface area contributed by atoms with Crippen LogP contribution in [0.25, 0.3) is 11.0 Å². The van der Waals surface area contributed by atoms with Crippen molar-refractivity contribution in [3.63, 3.8) is 0 Å². The number of hydrogen-bond acceptors (Lipinski definition) is 3. The molecule has 1 aromatic heterocycles. The van der Waals surface area contributed by atoms with Gasteiger partial charge in [0.2, 0.25) is 0 Å². The fraction of sp³-hybridized carbons (Fsp3) is 0.118. The number of anilines is 1. The molecular weight excluding hydrogens is 285 g/mol. The van der Waals surface area contributed by atoms with Gasteiger partial charge in [0.25, 0.3) is 5.91 Å². The molecule has 112 valence electrons. The van der Waals surface area contributed by atoms with Crippen molar-refractivity contribution < 1.29 is 18.7 Å². The second kappa shape index (κ2) is 5.61. The molecule has 0 aliphatic heterocycles. The third-order valence-electron chi connectivity index (χ3n) is 3.36. The molecule has 4 nitrogen and oxygen atoms in total. The van der Waals surface area contributed by atoms with Crippen LogP contribution in [0, 0.1) is 5.82 Å². The second-order valence-electron chi connectivity index (χ2n) is 5.01. The van der Waals surface area contributed by atoms with Crippen LogP contribution < -0.4 is 5.32 Å². The first-order chi connectivity index (χ1) is 10.5. The van der Waals surface area contributed by atoms with Gasteiger partial charge >= 0.3 is 0 Å². The molecule has 0 aliphatic carbocycles. The molecule has 1 atom stereocenters. The lowest BCUT2D eigenvalue weighted by atomic mass is 10.1. The van der Waals surface area contributed by atoms with E-state index in [0.717, 1.165) is 0 Å². The van der Waals surface area contributed by atoms with E-state index < -0.39 is 12.0 Å². The van der Waals surface area contributed by atoms with Gasteiger partial charge in [0, 0.05) is 16.6 Å². The number of para-hydroxylation sites is 1. The Balaban J connectivity index is 1.90. The number of fused-ring (bicyclic) bond motifs is 1. The number of amides is 1. The number of halogens is 1. The highest BCUT2D eigenvalue weighted by Gasteiger charge is 2.15. The summed E-state index contributed by atoms with van der Waals surface area (Å²) in [6, 6.07) is 12.5. The average Bonchev–Trinajstić information content (AvgIpc) is 2.90. The zero-order valence-electron chi connectivity index (χ0n) is 11.8. The number of furan rings is 1. The van der Waals surface area contributed by atoms with Crippen molar-refractivity contribution in [1.82, 2.24) is 0 Å². The van der Waals surface area contributed by atoms with Crippen LogP contribution in [0.5, 0.6) is 0 Å². The van der Waals surface area contributed by atoms with Gasteiger partial charge in [0.15, 0.2) is 5.76 Å². The minimum atomic E-state index is -0.707. The molecule has 0 spiro atoms. The Morgan fingerprint density at radius 3 is 2.77 bits per heavy atom. The van der Waals surface area contributed by atoms with Crippen LogP contribution in [0.1, 0.15) is 29.1 Å². The van der Waals surface area contributed by atoms with Gasteiger partial charge in [-0.25, -0.2) is 4.39 Å². The number of aliphatic hydroxyl groups excluding tert-OH is 1. The van der Waals surface area contributed by atoms with E-state index >= 15 is 0 Å². The number of benzene rings is 2. The molecule has 0 saturated carbocycles. The zero-order valence-corrected chi connectivity index (χ0v) is 11.8. The summed E-state index contributed by atoms with van der Waals surface area (Å²) >= 11 is 0. The summed E-state index contributed by atoms with van der Waals surface area (Å²) in [5.41, 5.74) is 1.56. The summed E-state index contributed by atoms with van der Waals surface area (Å²) in [6.07, 6.45) is -0.707. The number of carbonyl (C=O) groups is 1. The smallest absolute Gasteiger partial charge is 0.291 e. The highest BCUT2D eigenvalue weighted by Crippen LogP contribution is 2.25. The van der Waals surface area contributed by atoms with Gasteiger partial charge < -0.3 is 14.8 Å². The van der Waals surface area contributed by atoms with Gasteiger partial charge in [0.05, 0.1) is 6.10 Å². The number of carbonyl (C=O) groups excluding carboxylic acids is 1. The molecule has 2 aromatic carbocycles. The standard InChI is InChI=1S/C17H14FNO3/c1-10(20)13-4-2-3-5-14(13)19-17(21)16-9-11-8-12(18)6-7-15(11)22-16/h2-10,20H,1H3,(H,19,21)/t10-/m1/s1. The Morgan fingerprint density at radius 2 is 2.00 bits per heavy atom. The fourth-order valence-electron chi connectivity index (χ4n) is 2.29. The van der Waals surface area contributed by atoms with E-state index in [9.17, 15) is 14.3 Å². The van der Waals surface area contributed by atoms with Crippen LogP contribution in [0.15, 0.2) is 52.9 Å². The molecule has 0 bridgehead atoms. The van der Waals surface area contributed by atoms with Gasteiger partial charge in [-0.15, -0.1) is 0 Å². The topological polar surface area (TPSA) is 62.5 Å². The molecule has 3 aromatic rings. The largest absolute Gasteiger partial charge is 0.451 e. The SMILES string of the molecule is C[C@@H](O)c1ccccc1NC(=O)c1cc2cc(F)ccc2o1. The Kier molecular flexibility index (Phi) is 3.65. The Hall–Kier alpha value is -2.66. The minimum absolute atomic E-state index is 0.0843. The lowest BCUT2D eigenvalue weighted by molar-refractivity contribution is 0.0998. The normalized spacial score (nSPS) is 12.3. The van der Waals surface area contributed by atoms with Gasteiger partial charge in [0.1, 0.15) is 11.4 Å². The van der Waals surface area contributed by atoms with E-state index in [1.807, 2.05) is 0 Å². The van der Waals surface area contributed by atoms with Gasteiger partial charge in [-0.1, -0.05) is 18.2 Å². The minimum Gasteiger partial charge on any atom is -0.451 e. The fourth-order valence-corrected chi connectivity index (χ4v) is 2.29. The number of nitrogens with one attached hydrogen (secondary N) is 1. The van der Waals surface area contributed by atoms with Crippen LogP contribution in [-0.2, 0) is 0 Å². The third kappa shape index (κ3) is 2.71. The quantitative estimate of drug-likeness (QED) is 0.771. The van der Waals surface area contributed by atoms with Crippen LogP contribution in [0.3, 0.4) is 0 Å². The lowest BCUT2D eigenvalue weighted by Crippen LogP contribution is -2.13. The van der Waals surface area contributed by atoms with Crippen LogP contribution in [0.4, 0.5) is 10.1 Å². The van der Waals surface area contributed by atoms with E-state index in [-0.39, 0.29) is 11.6 Å². The first-order valence-corrected chi connectivity index (χ1v) is 6.82. The van der Waals surface area contributed by atoms with Crippen molar-refractivity contribution >= 4 is 22.6 Å². The van der Waals surface area contributed by atoms with E-state index in [1.165, 1.54) is 24.3 Å². The van der Waals surface area contributed by atoms with Gasteiger partial charge in [-0.3, -0.25) is 4.79 Å². The van der Waals surface area contributed by atoms with Crippen LogP contribution in [-0.4, -0.2) is 11.0 Å². The van der Waals surface area contributed by atoms with E-state index in [1.54, 1.807) is 31.2 Å².